The number of benzene rings is 1. The molecule has 1 heterocycles. The van der Waals surface area contributed by atoms with E-state index in [9.17, 15) is 9.50 Å². The molecule has 84 valence electrons. The molecule has 3 nitrogen and oxygen atoms in total. The Labute approximate surface area is 96.7 Å². The average molecular weight is 238 g/mol. The molecule has 0 fully saturated rings. The van der Waals surface area contributed by atoms with Gasteiger partial charge in [-0.2, -0.15) is 0 Å². The Bertz CT molecular complexity index is 492. The van der Waals surface area contributed by atoms with Crippen LogP contribution in [-0.4, -0.2) is 14.7 Å². The van der Waals surface area contributed by atoms with Gasteiger partial charge in [-0.15, -0.1) is 5.10 Å². The summed E-state index contributed by atoms with van der Waals surface area (Å²) in [4.78, 5) is 0.657. The Hall–Kier alpha value is -1.33. The highest BCUT2D eigenvalue weighted by molar-refractivity contribution is 7.05. The van der Waals surface area contributed by atoms with Crippen LogP contribution < -0.4 is 0 Å². The lowest BCUT2D eigenvalue weighted by molar-refractivity contribution is 0.222. The minimum atomic E-state index is -0.852. The van der Waals surface area contributed by atoms with Crippen molar-refractivity contribution in [2.75, 3.05) is 0 Å². The van der Waals surface area contributed by atoms with Crippen molar-refractivity contribution in [2.24, 2.45) is 0 Å². The normalized spacial score (nSPS) is 12.8. The topological polar surface area (TPSA) is 46.0 Å². The third-order valence-corrected chi connectivity index (χ3v) is 3.19. The van der Waals surface area contributed by atoms with Crippen LogP contribution in [0.3, 0.4) is 0 Å². The highest BCUT2D eigenvalue weighted by Gasteiger charge is 2.17. The summed E-state index contributed by atoms with van der Waals surface area (Å²) in [6.45, 7) is 3.56. The fraction of sp³-hybridized carbons (Fsp3) is 0.273. The van der Waals surface area contributed by atoms with Gasteiger partial charge in [0.2, 0.25) is 0 Å². The molecule has 0 bridgehead atoms. The molecule has 0 radical (unpaired) electrons. The Morgan fingerprint density at radius 1 is 1.31 bits per heavy atom. The molecule has 16 heavy (non-hydrogen) atoms. The van der Waals surface area contributed by atoms with Gasteiger partial charge in [-0.05, 0) is 48.6 Å². The van der Waals surface area contributed by atoms with E-state index in [4.69, 9.17) is 0 Å². The number of nitrogens with zero attached hydrogens (tertiary/aromatic N) is 2. The van der Waals surface area contributed by atoms with E-state index < -0.39 is 6.10 Å². The van der Waals surface area contributed by atoms with Crippen molar-refractivity contribution in [1.29, 1.82) is 0 Å². The van der Waals surface area contributed by atoms with Gasteiger partial charge in [0.1, 0.15) is 11.9 Å². The number of hydrogen-bond donors (Lipinski definition) is 1. The molecule has 1 unspecified atom stereocenters. The van der Waals surface area contributed by atoms with E-state index in [0.717, 1.165) is 17.1 Å². The molecule has 0 saturated carbocycles. The molecule has 2 aromatic rings. The Balaban J connectivity index is 2.41. The van der Waals surface area contributed by atoms with Crippen LogP contribution in [0.5, 0.6) is 0 Å². The average Bonchev–Trinajstić information content (AvgIpc) is 2.62. The van der Waals surface area contributed by atoms with E-state index in [2.05, 4.69) is 9.59 Å². The summed E-state index contributed by atoms with van der Waals surface area (Å²) in [5, 5.41) is 13.9. The number of aliphatic hydroxyl groups excluding tert-OH is 1. The van der Waals surface area contributed by atoms with Gasteiger partial charge in [0.05, 0.1) is 10.6 Å². The first-order chi connectivity index (χ1) is 7.58. The van der Waals surface area contributed by atoms with Crippen molar-refractivity contribution in [2.45, 2.75) is 20.0 Å². The molecule has 0 amide bonds. The third kappa shape index (κ3) is 2.10. The molecule has 1 atom stereocenters. The van der Waals surface area contributed by atoms with E-state index in [-0.39, 0.29) is 5.82 Å². The summed E-state index contributed by atoms with van der Waals surface area (Å²) in [5.74, 6) is -0.343. The van der Waals surface area contributed by atoms with Crippen molar-refractivity contribution < 1.29 is 9.50 Å². The van der Waals surface area contributed by atoms with Gasteiger partial charge in [-0.1, -0.05) is 10.6 Å². The number of aromatic nitrogens is 2. The zero-order valence-corrected chi connectivity index (χ0v) is 9.75. The molecule has 2 rings (SSSR count). The summed E-state index contributed by atoms with van der Waals surface area (Å²) in [6, 6.07) is 4.51. The zero-order chi connectivity index (χ0) is 11.7. The smallest absolute Gasteiger partial charge is 0.123 e. The monoisotopic (exact) mass is 238 g/mol. The fourth-order valence-electron chi connectivity index (χ4n) is 1.56. The number of hydrogen-bond acceptors (Lipinski definition) is 4. The van der Waals surface area contributed by atoms with Gasteiger partial charge in [-0.3, -0.25) is 0 Å². The van der Waals surface area contributed by atoms with Crippen LogP contribution in [0, 0.1) is 19.7 Å². The van der Waals surface area contributed by atoms with Gasteiger partial charge < -0.3 is 5.11 Å². The van der Waals surface area contributed by atoms with Crippen molar-refractivity contribution in [3.8, 4) is 0 Å². The Kier molecular flexibility index (Phi) is 2.98. The molecule has 0 aliphatic carbocycles. The first-order valence-corrected chi connectivity index (χ1v) is 5.59. The van der Waals surface area contributed by atoms with Gasteiger partial charge in [-0.25, -0.2) is 4.39 Å². The highest BCUT2D eigenvalue weighted by Crippen LogP contribution is 2.27. The predicted molar refractivity (Wildman–Crippen MR) is 59.8 cm³/mol. The maximum Gasteiger partial charge on any atom is 0.123 e. The first-order valence-electron chi connectivity index (χ1n) is 4.82. The molecule has 5 heteroatoms. The standard InChI is InChI=1S/C11H11FN2OS/c1-6-3-8(5-9(12)4-6)10(15)11-7(2)13-14-16-11/h3-5,10,15H,1-2H3. The molecule has 1 aromatic heterocycles. The zero-order valence-electron chi connectivity index (χ0n) is 8.94. The lowest BCUT2D eigenvalue weighted by Gasteiger charge is -2.10. The van der Waals surface area contributed by atoms with E-state index in [1.54, 1.807) is 19.9 Å². The quantitative estimate of drug-likeness (QED) is 0.873. The molecule has 0 aliphatic heterocycles. The second kappa shape index (κ2) is 4.27. The Morgan fingerprint density at radius 3 is 2.62 bits per heavy atom. The minimum Gasteiger partial charge on any atom is -0.383 e. The molecule has 1 aromatic carbocycles. The van der Waals surface area contributed by atoms with Crippen LogP contribution in [0.1, 0.15) is 27.8 Å². The number of aliphatic hydroxyl groups is 1. The van der Waals surface area contributed by atoms with Gasteiger partial charge in [0.25, 0.3) is 0 Å². The van der Waals surface area contributed by atoms with E-state index >= 15 is 0 Å². The Morgan fingerprint density at radius 2 is 2.06 bits per heavy atom. The van der Waals surface area contributed by atoms with Crippen LogP contribution in [0.4, 0.5) is 4.39 Å². The second-order valence-corrected chi connectivity index (χ2v) is 4.47. The van der Waals surface area contributed by atoms with Crippen LogP contribution in [0.2, 0.25) is 0 Å². The van der Waals surface area contributed by atoms with Crippen molar-refractivity contribution >= 4 is 11.5 Å². The molecule has 0 spiro atoms. The van der Waals surface area contributed by atoms with E-state index in [0.29, 0.717) is 16.1 Å². The van der Waals surface area contributed by atoms with Crippen LogP contribution in [-0.2, 0) is 0 Å². The van der Waals surface area contributed by atoms with Crippen molar-refractivity contribution in [1.82, 2.24) is 9.59 Å². The summed E-state index contributed by atoms with van der Waals surface area (Å²) in [7, 11) is 0. The summed E-state index contributed by atoms with van der Waals surface area (Å²) < 4.78 is 16.9. The van der Waals surface area contributed by atoms with E-state index in [1.165, 1.54) is 12.1 Å². The minimum absolute atomic E-state index is 0.343. The largest absolute Gasteiger partial charge is 0.383 e. The molecule has 0 saturated heterocycles. The maximum absolute atomic E-state index is 13.2. The molecule has 1 N–H and O–H groups in total. The molecular weight excluding hydrogens is 227 g/mol. The molecule has 0 aliphatic rings. The SMILES string of the molecule is Cc1cc(F)cc(C(O)c2snnc2C)c1. The van der Waals surface area contributed by atoms with Crippen molar-refractivity contribution in [3.05, 3.63) is 45.7 Å². The molecular formula is C11H11FN2OS. The lowest BCUT2D eigenvalue weighted by Crippen LogP contribution is -2.00. The fourth-order valence-corrected chi connectivity index (χ4v) is 2.22. The maximum atomic E-state index is 13.2. The summed E-state index contributed by atoms with van der Waals surface area (Å²) >= 11 is 1.13. The highest BCUT2D eigenvalue weighted by atomic mass is 32.1. The van der Waals surface area contributed by atoms with Crippen LogP contribution in [0.15, 0.2) is 18.2 Å². The van der Waals surface area contributed by atoms with Gasteiger partial charge >= 0.3 is 0 Å². The number of aryl methyl sites for hydroxylation is 2. The second-order valence-electron chi connectivity index (χ2n) is 3.69. The van der Waals surface area contributed by atoms with E-state index in [1.807, 2.05) is 0 Å². The van der Waals surface area contributed by atoms with Crippen LogP contribution >= 0.6 is 11.5 Å². The summed E-state index contributed by atoms with van der Waals surface area (Å²) in [5.41, 5.74) is 2.00. The predicted octanol–water partition coefficient (Wildman–Crippen LogP) is 2.38. The third-order valence-electron chi connectivity index (χ3n) is 2.32. The van der Waals surface area contributed by atoms with Gasteiger partial charge in [0, 0.05) is 0 Å². The van der Waals surface area contributed by atoms with Crippen molar-refractivity contribution in [3.63, 3.8) is 0 Å². The lowest BCUT2D eigenvalue weighted by atomic mass is 10.0. The summed E-state index contributed by atoms with van der Waals surface area (Å²) in [6.07, 6.45) is -0.852. The van der Waals surface area contributed by atoms with Crippen LogP contribution in [0.25, 0.3) is 0 Å². The van der Waals surface area contributed by atoms with Gasteiger partial charge in [0.15, 0.2) is 0 Å². The first kappa shape index (κ1) is 11.2. The number of rotatable bonds is 2. The number of halogens is 1.